The van der Waals surface area contributed by atoms with E-state index in [4.69, 9.17) is 17.3 Å². The Hall–Kier alpha value is -1.52. The van der Waals surface area contributed by atoms with Crippen LogP contribution in [0.3, 0.4) is 0 Å². The molecule has 5 heteroatoms. The van der Waals surface area contributed by atoms with Crippen molar-refractivity contribution >= 4 is 39.5 Å². The normalized spacial score (nSPS) is 17.4. The molecule has 1 aromatic heterocycles. The van der Waals surface area contributed by atoms with E-state index in [2.05, 4.69) is 26.1 Å². The third-order valence-corrected chi connectivity index (χ3v) is 6.18. The van der Waals surface area contributed by atoms with Crippen molar-refractivity contribution in [3.05, 3.63) is 45.3 Å². The second kappa shape index (κ2) is 6.41. The number of amides is 1. The molecule has 1 aromatic carbocycles. The zero-order chi connectivity index (χ0) is 17.5. The van der Waals surface area contributed by atoms with Crippen LogP contribution in [0.5, 0.6) is 0 Å². The van der Waals surface area contributed by atoms with Gasteiger partial charge in [0, 0.05) is 15.6 Å². The Bertz CT molecular complexity index is 759. The van der Waals surface area contributed by atoms with E-state index in [1.54, 1.807) is 35.6 Å². The number of nitrogens with two attached hydrogens (primary N) is 1. The smallest absolute Gasteiger partial charge is 0.258 e. The van der Waals surface area contributed by atoms with Crippen LogP contribution in [0.25, 0.3) is 0 Å². The van der Waals surface area contributed by atoms with E-state index in [0.29, 0.717) is 21.5 Å². The van der Waals surface area contributed by atoms with Crippen LogP contribution >= 0.6 is 22.9 Å². The van der Waals surface area contributed by atoms with Crippen LogP contribution in [0, 0.1) is 11.3 Å². The van der Waals surface area contributed by atoms with E-state index < -0.39 is 0 Å². The largest absolute Gasteiger partial charge is 0.390 e. The van der Waals surface area contributed by atoms with Crippen LogP contribution in [0.15, 0.2) is 24.3 Å². The van der Waals surface area contributed by atoms with Crippen LogP contribution in [0.2, 0.25) is 5.02 Å². The molecule has 0 fully saturated rings. The van der Waals surface area contributed by atoms with Crippen LogP contribution in [0.4, 0.5) is 10.7 Å². The summed E-state index contributed by atoms with van der Waals surface area (Å²) in [4.78, 5) is 14.0. The number of hydrogen-bond acceptors (Lipinski definition) is 3. The minimum atomic E-state index is -0.124. The van der Waals surface area contributed by atoms with E-state index in [1.165, 1.54) is 4.88 Å². The summed E-state index contributed by atoms with van der Waals surface area (Å²) in [6, 6.07) is 7.12. The van der Waals surface area contributed by atoms with Crippen molar-refractivity contribution in [2.24, 2.45) is 11.3 Å². The minimum Gasteiger partial charge on any atom is -0.390 e. The van der Waals surface area contributed by atoms with Gasteiger partial charge in [0.05, 0.1) is 10.6 Å². The van der Waals surface area contributed by atoms with Crippen molar-refractivity contribution in [1.29, 1.82) is 0 Å². The zero-order valence-electron chi connectivity index (χ0n) is 14.3. The number of carbonyl (C=O) groups is 1. The fraction of sp³-hybridized carbons (Fsp3) is 0.421. The maximum absolute atomic E-state index is 12.7. The van der Waals surface area contributed by atoms with Crippen molar-refractivity contribution in [3.8, 4) is 0 Å². The van der Waals surface area contributed by atoms with Gasteiger partial charge in [-0.1, -0.05) is 32.4 Å². The van der Waals surface area contributed by atoms with Gasteiger partial charge in [0.25, 0.3) is 5.91 Å². The van der Waals surface area contributed by atoms with Crippen molar-refractivity contribution in [2.45, 2.75) is 40.0 Å². The average Bonchev–Trinajstić information content (AvgIpc) is 2.83. The van der Waals surface area contributed by atoms with E-state index in [9.17, 15) is 4.79 Å². The number of thiophene rings is 1. The molecule has 1 atom stereocenters. The molecule has 3 N–H and O–H groups in total. The summed E-state index contributed by atoms with van der Waals surface area (Å²) in [6.45, 7) is 6.86. The van der Waals surface area contributed by atoms with E-state index in [-0.39, 0.29) is 11.3 Å². The quantitative estimate of drug-likeness (QED) is 0.752. The molecule has 24 heavy (non-hydrogen) atoms. The fourth-order valence-electron chi connectivity index (χ4n) is 3.32. The highest BCUT2D eigenvalue weighted by Gasteiger charge is 2.33. The number of benzene rings is 1. The van der Waals surface area contributed by atoms with Gasteiger partial charge in [-0.25, -0.2) is 0 Å². The topological polar surface area (TPSA) is 55.1 Å². The first-order valence-corrected chi connectivity index (χ1v) is 9.42. The third-order valence-electron chi connectivity index (χ3n) is 4.85. The summed E-state index contributed by atoms with van der Waals surface area (Å²) in [5.74, 6) is 0.511. The van der Waals surface area contributed by atoms with E-state index in [1.807, 2.05) is 0 Å². The lowest BCUT2D eigenvalue weighted by Crippen LogP contribution is -2.27. The first kappa shape index (κ1) is 17.3. The minimum absolute atomic E-state index is 0.124. The first-order valence-electron chi connectivity index (χ1n) is 8.22. The van der Waals surface area contributed by atoms with Gasteiger partial charge in [-0.2, -0.15) is 0 Å². The molecule has 2 aromatic rings. The number of nitrogen functional groups attached to an aromatic ring is 1. The standard InChI is InChI=1S/C19H23ClN2OS/c1-19(2,3)11-4-9-14-15(10-11)24-17(21)16(14)18(23)22-13-7-5-12(20)6-8-13/h5-8,11H,4,9-10,21H2,1-3H3,(H,22,23)/t11-/m1/s1. The van der Waals surface area contributed by atoms with Gasteiger partial charge in [-0.05, 0) is 60.4 Å². The number of hydrogen-bond donors (Lipinski definition) is 2. The SMILES string of the molecule is CC(C)(C)[C@@H]1CCc2c(sc(N)c2C(=O)Nc2ccc(Cl)cc2)C1. The lowest BCUT2D eigenvalue weighted by molar-refractivity contribution is 0.102. The number of rotatable bonds is 2. The molecule has 1 amide bonds. The molecular formula is C19H23ClN2OS. The number of nitrogens with one attached hydrogen (secondary N) is 1. The van der Waals surface area contributed by atoms with Crippen LogP contribution in [0.1, 0.15) is 48.0 Å². The van der Waals surface area contributed by atoms with Crippen molar-refractivity contribution < 1.29 is 4.79 Å². The van der Waals surface area contributed by atoms with Crippen LogP contribution in [-0.2, 0) is 12.8 Å². The monoisotopic (exact) mass is 362 g/mol. The summed E-state index contributed by atoms with van der Waals surface area (Å²) in [7, 11) is 0. The predicted molar refractivity (Wildman–Crippen MR) is 103 cm³/mol. The Kier molecular flexibility index (Phi) is 4.63. The molecule has 3 nitrogen and oxygen atoms in total. The maximum Gasteiger partial charge on any atom is 0.258 e. The Morgan fingerprint density at radius 1 is 1.29 bits per heavy atom. The highest BCUT2D eigenvalue weighted by Crippen LogP contribution is 2.43. The van der Waals surface area contributed by atoms with Gasteiger partial charge >= 0.3 is 0 Å². The summed E-state index contributed by atoms with van der Waals surface area (Å²) < 4.78 is 0. The molecule has 0 saturated carbocycles. The second-order valence-electron chi connectivity index (χ2n) is 7.51. The van der Waals surface area contributed by atoms with Gasteiger partial charge in [0.15, 0.2) is 0 Å². The molecule has 0 saturated heterocycles. The van der Waals surface area contributed by atoms with Crippen molar-refractivity contribution in [1.82, 2.24) is 0 Å². The Morgan fingerprint density at radius 3 is 2.58 bits per heavy atom. The predicted octanol–water partition coefficient (Wildman–Crippen LogP) is 5.39. The number of carbonyl (C=O) groups excluding carboxylic acids is 1. The molecule has 3 rings (SSSR count). The van der Waals surface area contributed by atoms with Crippen LogP contribution < -0.4 is 11.1 Å². The maximum atomic E-state index is 12.7. The molecule has 0 unspecified atom stereocenters. The Balaban J connectivity index is 1.84. The molecular weight excluding hydrogens is 340 g/mol. The van der Waals surface area contributed by atoms with Crippen LogP contribution in [-0.4, -0.2) is 5.91 Å². The second-order valence-corrected chi connectivity index (χ2v) is 9.08. The lowest BCUT2D eigenvalue weighted by Gasteiger charge is -2.33. The summed E-state index contributed by atoms with van der Waals surface area (Å²) in [5.41, 5.74) is 9.01. The molecule has 0 spiro atoms. The van der Waals surface area contributed by atoms with Crippen molar-refractivity contribution in [2.75, 3.05) is 11.1 Å². The van der Waals surface area contributed by atoms with Crippen molar-refractivity contribution in [3.63, 3.8) is 0 Å². The van der Waals surface area contributed by atoms with Gasteiger partial charge in [-0.15, -0.1) is 11.3 Å². The van der Waals surface area contributed by atoms with Gasteiger partial charge in [0.1, 0.15) is 0 Å². The number of anilines is 2. The van der Waals surface area contributed by atoms with Gasteiger partial charge < -0.3 is 11.1 Å². The third kappa shape index (κ3) is 3.45. The summed E-state index contributed by atoms with van der Waals surface area (Å²) in [5, 5.41) is 4.21. The zero-order valence-corrected chi connectivity index (χ0v) is 15.9. The van der Waals surface area contributed by atoms with Gasteiger partial charge in [-0.3, -0.25) is 4.79 Å². The highest BCUT2D eigenvalue weighted by molar-refractivity contribution is 7.16. The molecule has 1 aliphatic carbocycles. The Labute approximate surface area is 152 Å². The van der Waals surface area contributed by atoms with Gasteiger partial charge in [0.2, 0.25) is 0 Å². The highest BCUT2D eigenvalue weighted by atomic mass is 35.5. The molecule has 128 valence electrons. The number of halogens is 1. The average molecular weight is 363 g/mol. The van der Waals surface area contributed by atoms with E-state index >= 15 is 0 Å². The fourth-order valence-corrected chi connectivity index (χ4v) is 4.64. The molecule has 1 heterocycles. The Morgan fingerprint density at radius 2 is 1.96 bits per heavy atom. The molecule has 0 aliphatic heterocycles. The summed E-state index contributed by atoms with van der Waals surface area (Å²) >= 11 is 7.46. The summed E-state index contributed by atoms with van der Waals surface area (Å²) in [6.07, 6.45) is 3.05. The first-order chi connectivity index (χ1) is 11.3. The molecule has 0 radical (unpaired) electrons. The van der Waals surface area contributed by atoms with E-state index in [0.717, 1.165) is 30.5 Å². The lowest BCUT2D eigenvalue weighted by atomic mass is 9.72. The molecule has 1 aliphatic rings. The number of fused-ring (bicyclic) bond motifs is 1. The molecule has 0 bridgehead atoms.